The first-order chi connectivity index (χ1) is 15.4. The highest BCUT2D eigenvalue weighted by atomic mass is 32.2. The quantitative estimate of drug-likeness (QED) is 0.339. The highest BCUT2D eigenvalue weighted by molar-refractivity contribution is 8.26. The van der Waals surface area contributed by atoms with E-state index in [-0.39, 0.29) is 11.9 Å². The number of para-hydroxylation sites is 1. The Bertz CT molecular complexity index is 1200. The number of carbonyl (C=O) groups is 1. The van der Waals surface area contributed by atoms with Crippen LogP contribution in [-0.2, 0) is 4.79 Å². The molecule has 0 bridgehead atoms. The lowest BCUT2D eigenvalue weighted by Crippen LogP contribution is -2.36. The maximum atomic E-state index is 13.1. The fourth-order valence-corrected chi connectivity index (χ4v) is 5.08. The first-order valence-electron chi connectivity index (χ1n) is 10.5. The summed E-state index contributed by atoms with van der Waals surface area (Å²) in [6.07, 6.45) is 4.72. The number of ether oxygens (including phenoxy) is 1. The summed E-state index contributed by atoms with van der Waals surface area (Å²) >= 11 is 6.85. The standard InChI is InChI=1S/C25H25N3O2S2/c1-5-17(3)28-24(29)22(32-25(28)31)14-18-15-27(19-9-7-6-8-10-19)26-23(18)21-12-11-20(30-4)13-16(21)2/h6-15,17H,5H2,1-4H3/b22-14-/t17-/m1/s1. The van der Waals surface area contributed by atoms with E-state index in [1.807, 2.05) is 79.3 Å². The van der Waals surface area contributed by atoms with Crippen molar-refractivity contribution in [2.75, 3.05) is 7.11 Å². The summed E-state index contributed by atoms with van der Waals surface area (Å²) in [5.74, 6) is 0.754. The van der Waals surface area contributed by atoms with Gasteiger partial charge in [-0.1, -0.05) is 49.1 Å². The van der Waals surface area contributed by atoms with Gasteiger partial charge in [-0.2, -0.15) is 5.10 Å². The SMILES string of the molecule is CC[C@@H](C)N1C(=O)/C(=C/c2cn(-c3ccccc3)nc2-c2ccc(OC)cc2C)SC1=S. The zero-order valence-electron chi connectivity index (χ0n) is 18.5. The second-order valence-corrected chi connectivity index (χ2v) is 9.38. The van der Waals surface area contributed by atoms with E-state index in [1.165, 1.54) is 11.8 Å². The molecule has 1 aliphatic heterocycles. The number of benzene rings is 2. The molecular weight excluding hydrogens is 438 g/mol. The summed E-state index contributed by atoms with van der Waals surface area (Å²) in [6.45, 7) is 6.11. The number of thioether (sulfide) groups is 1. The first kappa shape index (κ1) is 22.3. The Morgan fingerprint density at radius 1 is 1.22 bits per heavy atom. The van der Waals surface area contributed by atoms with Gasteiger partial charge in [-0.3, -0.25) is 9.69 Å². The number of nitrogens with zero attached hydrogens (tertiary/aromatic N) is 3. The molecule has 1 aromatic heterocycles. The van der Waals surface area contributed by atoms with E-state index in [4.69, 9.17) is 22.1 Å². The van der Waals surface area contributed by atoms with Crippen molar-refractivity contribution in [1.29, 1.82) is 0 Å². The van der Waals surface area contributed by atoms with Gasteiger partial charge in [0.15, 0.2) is 0 Å². The minimum absolute atomic E-state index is 0.0424. The predicted molar refractivity (Wildman–Crippen MR) is 135 cm³/mol. The Kier molecular flexibility index (Phi) is 6.48. The molecule has 1 fully saturated rings. The molecule has 0 unspecified atom stereocenters. The van der Waals surface area contributed by atoms with Crippen LogP contribution in [0.3, 0.4) is 0 Å². The minimum atomic E-state index is -0.0424. The van der Waals surface area contributed by atoms with Gasteiger partial charge < -0.3 is 4.74 Å². The second kappa shape index (κ2) is 9.30. The van der Waals surface area contributed by atoms with Crippen LogP contribution in [0, 0.1) is 6.92 Å². The van der Waals surface area contributed by atoms with Crippen LogP contribution in [0.5, 0.6) is 5.75 Å². The molecule has 0 aliphatic carbocycles. The molecule has 32 heavy (non-hydrogen) atoms. The molecule has 2 heterocycles. The minimum Gasteiger partial charge on any atom is -0.497 e. The van der Waals surface area contributed by atoms with Crippen LogP contribution in [-0.4, -0.2) is 38.1 Å². The summed E-state index contributed by atoms with van der Waals surface area (Å²) in [4.78, 5) is 15.4. The van der Waals surface area contributed by atoms with Crippen LogP contribution in [0.15, 0.2) is 59.6 Å². The molecule has 4 rings (SSSR count). The Morgan fingerprint density at radius 2 is 1.97 bits per heavy atom. The number of aryl methyl sites for hydroxylation is 1. The van der Waals surface area contributed by atoms with E-state index >= 15 is 0 Å². The van der Waals surface area contributed by atoms with Crippen molar-refractivity contribution >= 4 is 40.3 Å². The summed E-state index contributed by atoms with van der Waals surface area (Å²) in [6, 6.07) is 15.9. The fourth-order valence-electron chi connectivity index (χ4n) is 3.63. The van der Waals surface area contributed by atoms with E-state index in [9.17, 15) is 4.79 Å². The van der Waals surface area contributed by atoms with Crippen LogP contribution in [0.4, 0.5) is 0 Å². The van der Waals surface area contributed by atoms with Crippen molar-refractivity contribution in [3.8, 4) is 22.7 Å². The summed E-state index contributed by atoms with van der Waals surface area (Å²) in [5, 5.41) is 4.89. The fraction of sp³-hybridized carbons (Fsp3) is 0.240. The van der Waals surface area contributed by atoms with Crippen LogP contribution < -0.4 is 4.74 Å². The molecule has 0 radical (unpaired) electrons. The lowest BCUT2D eigenvalue weighted by atomic mass is 10.0. The van der Waals surface area contributed by atoms with Gasteiger partial charge in [0.1, 0.15) is 15.8 Å². The zero-order valence-corrected chi connectivity index (χ0v) is 20.2. The molecule has 2 aromatic carbocycles. The third-order valence-corrected chi connectivity index (χ3v) is 6.92. The van der Waals surface area contributed by atoms with E-state index < -0.39 is 0 Å². The summed E-state index contributed by atoms with van der Waals surface area (Å²) < 4.78 is 7.82. The monoisotopic (exact) mass is 463 g/mol. The maximum absolute atomic E-state index is 13.1. The van der Waals surface area contributed by atoms with E-state index in [1.54, 1.807) is 12.0 Å². The third-order valence-electron chi connectivity index (χ3n) is 5.59. The van der Waals surface area contributed by atoms with Gasteiger partial charge in [-0.05, 0) is 62.2 Å². The van der Waals surface area contributed by atoms with E-state index in [2.05, 4.69) is 6.92 Å². The Labute approximate surface area is 198 Å². The van der Waals surface area contributed by atoms with Crippen LogP contribution in [0.2, 0.25) is 0 Å². The first-order valence-corrected chi connectivity index (χ1v) is 11.7. The summed E-state index contributed by atoms with van der Waals surface area (Å²) in [5.41, 5.74) is 4.66. The molecular formula is C25H25N3O2S2. The van der Waals surface area contributed by atoms with Gasteiger partial charge in [-0.15, -0.1) is 0 Å². The average Bonchev–Trinajstić information content (AvgIpc) is 3.34. The number of hydrogen-bond acceptors (Lipinski definition) is 5. The summed E-state index contributed by atoms with van der Waals surface area (Å²) in [7, 11) is 1.66. The van der Waals surface area contributed by atoms with Crippen molar-refractivity contribution in [3.05, 3.63) is 70.8 Å². The molecule has 1 aliphatic rings. The number of aromatic nitrogens is 2. The van der Waals surface area contributed by atoms with Crippen molar-refractivity contribution in [2.24, 2.45) is 0 Å². The van der Waals surface area contributed by atoms with Crippen LogP contribution in [0.1, 0.15) is 31.4 Å². The number of thiocarbonyl (C=S) groups is 1. The Balaban J connectivity index is 1.83. The Morgan fingerprint density at radius 3 is 2.62 bits per heavy atom. The molecule has 1 saturated heterocycles. The molecule has 0 spiro atoms. The highest BCUT2D eigenvalue weighted by Gasteiger charge is 2.35. The van der Waals surface area contributed by atoms with Crippen molar-refractivity contribution in [1.82, 2.24) is 14.7 Å². The van der Waals surface area contributed by atoms with E-state index in [0.717, 1.165) is 40.2 Å². The molecule has 7 heteroatoms. The normalized spacial score (nSPS) is 16.1. The smallest absolute Gasteiger partial charge is 0.266 e. The highest BCUT2D eigenvalue weighted by Crippen LogP contribution is 2.37. The second-order valence-electron chi connectivity index (χ2n) is 7.70. The van der Waals surface area contributed by atoms with Gasteiger partial charge in [0.25, 0.3) is 5.91 Å². The average molecular weight is 464 g/mol. The Hall–Kier alpha value is -2.90. The zero-order chi connectivity index (χ0) is 22.8. The molecule has 1 atom stereocenters. The van der Waals surface area contributed by atoms with Gasteiger partial charge in [-0.25, -0.2) is 4.68 Å². The molecule has 0 N–H and O–H groups in total. The largest absolute Gasteiger partial charge is 0.497 e. The third kappa shape index (κ3) is 4.23. The van der Waals surface area contributed by atoms with Gasteiger partial charge in [0.05, 0.1) is 17.7 Å². The van der Waals surface area contributed by atoms with Crippen molar-refractivity contribution in [2.45, 2.75) is 33.2 Å². The van der Waals surface area contributed by atoms with Crippen LogP contribution in [0.25, 0.3) is 23.0 Å². The van der Waals surface area contributed by atoms with E-state index in [0.29, 0.717) is 9.23 Å². The molecule has 164 valence electrons. The number of rotatable bonds is 6. The van der Waals surface area contributed by atoms with Gasteiger partial charge in [0, 0.05) is 23.4 Å². The number of amides is 1. The lowest BCUT2D eigenvalue weighted by molar-refractivity contribution is -0.123. The number of methoxy groups -OCH3 is 1. The topological polar surface area (TPSA) is 47.4 Å². The van der Waals surface area contributed by atoms with Crippen molar-refractivity contribution < 1.29 is 9.53 Å². The van der Waals surface area contributed by atoms with Gasteiger partial charge in [0.2, 0.25) is 0 Å². The lowest BCUT2D eigenvalue weighted by Gasteiger charge is -2.21. The molecule has 3 aromatic rings. The number of carbonyl (C=O) groups excluding carboxylic acids is 1. The van der Waals surface area contributed by atoms with Crippen LogP contribution >= 0.6 is 24.0 Å². The maximum Gasteiger partial charge on any atom is 0.266 e. The molecule has 1 amide bonds. The number of hydrogen-bond donors (Lipinski definition) is 0. The predicted octanol–water partition coefficient (Wildman–Crippen LogP) is 5.86. The van der Waals surface area contributed by atoms with Crippen molar-refractivity contribution in [3.63, 3.8) is 0 Å². The molecule has 5 nitrogen and oxygen atoms in total. The van der Waals surface area contributed by atoms with Gasteiger partial charge >= 0.3 is 0 Å². The molecule has 0 saturated carbocycles.